The summed E-state index contributed by atoms with van der Waals surface area (Å²) in [6, 6.07) is 2.75. The Morgan fingerprint density at radius 3 is 2.56 bits per heavy atom. The van der Waals surface area contributed by atoms with Crippen molar-refractivity contribution in [3.05, 3.63) is 38.9 Å². The highest BCUT2D eigenvalue weighted by Gasteiger charge is 2.26. The second-order valence-electron chi connectivity index (χ2n) is 3.12. The highest BCUT2D eigenvalue weighted by Crippen LogP contribution is 2.30. The van der Waals surface area contributed by atoms with Gasteiger partial charge in [0.2, 0.25) is 0 Å². The Balaban J connectivity index is 3.63. The van der Waals surface area contributed by atoms with Crippen LogP contribution in [0.25, 0.3) is 0 Å². The zero-order valence-electron chi connectivity index (χ0n) is 9.02. The van der Waals surface area contributed by atoms with Crippen molar-refractivity contribution in [3.63, 3.8) is 0 Å². The maximum absolute atomic E-state index is 12.8. The Morgan fingerprint density at radius 2 is 2.17 bits per heavy atom. The molecule has 0 aliphatic rings. The first kappa shape index (κ1) is 13.5. The predicted octanol–water partition coefficient (Wildman–Crippen LogP) is 2.19. The second-order valence-corrected chi connectivity index (χ2v) is 3.12. The van der Waals surface area contributed by atoms with E-state index in [2.05, 4.69) is 4.74 Å². The van der Waals surface area contributed by atoms with Crippen LogP contribution in [0.4, 0.5) is 14.5 Å². The number of nitriles is 1. The first-order valence-electron chi connectivity index (χ1n) is 4.51. The molecule has 1 aromatic carbocycles. The topological polar surface area (TPSA) is 93.2 Å². The van der Waals surface area contributed by atoms with Crippen LogP contribution in [0.5, 0.6) is 0 Å². The molecule has 0 N–H and O–H groups in total. The molecular weight excluding hydrogens is 250 g/mol. The molecule has 0 atom stereocenters. The van der Waals surface area contributed by atoms with Gasteiger partial charge in [0.1, 0.15) is 0 Å². The summed E-state index contributed by atoms with van der Waals surface area (Å²) < 4.78 is 29.8. The van der Waals surface area contributed by atoms with Gasteiger partial charge in [-0.05, 0) is 0 Å². The molecule has 0 saturated carbocycles. The maximum atomic E-state index is 12.8. The smallest absolute Gasteiger partial charge is 0.338 e. The standard InChI is InChI=1S/C10H6F2N2O4/c1-18-10(15)7-3-6(14(16)17)2-5(4-13)8(7)9(11)12/h2-3,9H,1H3. The van der Waals surface area contributed by atoms with Gasteiger partial charge < -0.3 is 4.74 Å². The van der Waals surface area contributed by atoms with E-state index in [4.69, 9.17) is 5.26 Å². The number of nitro groups is 1. The van der Waals surface area contributed by atoms with Crippen molar-refractivity contribution in [1.29, 1.82) is 5.26 Å². The van der Waals surface area contributed by atoms with Gasteiger partial charge in [-0.15, -0.1) is 0 Å². The molecule has 0 aromatic heterocycles. The lowest BCUT2D eigenvalue weighted by Crippen LogP contribution is -2.09. The molecule has 1 aromatic rings. The first-order valence-corrected chi connectivity index (χ1v) is 4.51. The molecule has 0 fully saturated rings. The number of carbonyl (C=O) groups is 1. The molecule has 18 heavy (non-hydrogen) atoms. The Bertz CT molecular complexity index is 552. The van der Waals surface area contributed by atoms with Crippen molar-refractivity contribution in [2.24, 2.45) is 0 Å². The number of esters is 1. The van der Waals surface area contributed by atoms with Crippen molar-refractivity contribution in [3.8, 4) is 6.07 Å². The average molecular weight is 256 g/mol. The van der Waals surface area contributed by atoms with Gasteiger partial charge in [-0.2, -0.15) is 5.26 Å². The monoisotopic (exact) mass is 256 g/mol. The molecular formula is C10H6F2N2O4. The van der Waals surface area contributed by atoms with Gasteiger partial charge in [-0.1, -0.05) is 0 Å². The fourth-order valence-electron chi connectivity index (χ4n) is 1.35. The number of alkyl halides is 2. The van der Waals surface area contributed by atoms with Crippen molar-refractivity contribution >= 4 is 11.7 Å². The summed E-state index contributed by atoms with van der Waals surface area (Å²) in [6.07, 6.45) is -3.12. The summed E-state index contributed by atoms with van der Waals surface area (Å²) in [6.45, 7) is 0. The third kappa shape index (κ3) is 2.40. The predicted molar refractivity (Wildman–Crippen MR) is 54.1 cm³/mol. The molecule has 0 saturated heterocycles. The van der Waals surface area contributed by atoms with E-state index in [0.717, 1.165) is 7.11 Å². The number of halogens is 2. The Labute approximate surface area is 99.5 Å². The zero-order valence-corrected chi connectivity index (χ0v) is 9.02. The number of hydrogen-bond acceptors (Lipinski definition) is 5. The quantitative estimate of drug-likeness (QED) is 0.469. The lowest BCUT2D eigenvalue weighted by molar-refractivity contribution is -0.384. The number of benzene rings is 1. The van der Waals surface area contributed by atoms with E-state index in [1.54, 1.807) is 0 Å². The summed E-state index contributed by atoms with van der Waals surface area (Å²) in [4.78, 5) is 21.0. The number of ether oxygens (including phenoxy) is 1. The number of methoxy groups -OCH3 is 1. The summed E-state index contributed by atoms with van der Waals surface area (Å²) in [5.74, 6) is -1.16. The van der Waals surface area contributed by atoms with Crippen molar-refractivity contribution in [2.45, 2.75) is 6.43 Å². The minimum atomic E-state index is -3.12. The van der Waals surface area contributed by atoms with E-state index in [1.165, 1.54) is 6.07 Å². The minimum absolute atomic E-state index is 0.625. The number of nitrogens with zero attached hydrogens (tertiary/aromatic N) is 2. The molecule has 0 bridgehead atoms. The normalized spacial score (nSPS) is 9.94. The van der Waals surface area contributed by atoms with Gasteiger partial charge in [0.15, 0.2) is 0 Å². The molecule has 8 heteroatoms. The van der Waals surface area contributed by atoms with Crippen LogP contribution in [-0.2, 0) is 4.74 Å². The third-order valence-corrected chi connectivity index (χ3v) is 2.12. The minimum Gasteiger partial charge on any atom is -0.465 e. The number of non-ortho nitro benzene ring substituents is 1. The van der Waals surface area contributed by atoms with E-state index in [1.807, 2.05) is 0 Å². The molecule has 0 amide bonds. The van der Waals surface area contributed by atoms with Gasteiger partial charge in [0.25, 0.3) is 12.1 Å². The summed E-state index contributed by atoms with van der Waals surface area (Å²) in [7, 11) is 0.947. The molecule has 1 rings (SSSR count). The van der Waals surface area contributed by atoms with Crippen LogP contribution in [0.3, 0.4) is 0 Å². The van der Waals surface area contributed by atoms with Crippen LogP contribution in [0.15, 0.2) is 12.1 Å². The average Bonchev–Trinajstić information content (AvgIpc) is 2.35. The lowest BCUT2D eigenvalue weighted by Gasteiger charge is -2.08. The number of nitro benzene ring substituents is 1. The third-order valence-electron chi connectivity index (χ3n) is 2.12. The van der Waals surface area contributed by atoms with Gasteiger partial charge in [0, 0.05) is 12.1 Å². The van der Waals surface area contributed by atoms with Crippen LogP contribution >= 0.6 is 0 Å². The van der Waals surface area contributed by atoms with Crippen LogP contribution in [0.2, 0.25) is 0 Å². The highest BCUT2D eigenvalue weighted by atomic mass is 19.3. The molecule has 94 valence electrons. The molecule has 0 unspecified atom stereocenters. The van der Waals surface area contributed by atoms with Crippen LogP contribution in [0, 0.1) is 21.4 Å². The largest absolute Gasteiger partial charge is 0.465 e. The number of carbonyl (C=O) groups excluding carboxylic acids is 1. The summed E-state index contributed by atoms with van der Waals surface area (Å²) >= 11 is 0. The molecule has 0 spiro atoms. The van der Waals surface area contributed by atoms with Crippen LogP contribution in [-0.4, -0.2) is 18.0 Å². The number of hydrogen-bond donors (Lipinski definition) is 0. The van der Waals surface area contributed by atoms with Gasteiger partial charge in [-0.3, -0.25) is 10.1 Å². The first-order chi connectivity index (χ1) is 8.42. The van der Waals surface area contributed by atoms with Crippen molar-refractivity contribution < 1.29 is 23.2 Å². The van der Waals surface area contributed by atoms with Gasteiger partial charge in [0.05, 0.1) is 34.8 Å². The van der Waals surface area contributed by atoms with Crippen LogP contribution in [0.1, 0.15) is 27.9 Å². The molecule has 0 aliphatic heterocycles. The Hall–Kier alpha value is -2.56. The second kappa shape index (κ2) is 5.18. The van der Waals surface area contributed by atoms with Gasteiger partial charge >= 0.3 is 5.97 Å². The van der Waals surface area contributed by atoms with Crippen LogP contribution < -0.4 is 0 Å². The van der Waals surface area contributed by atoms with E-state index >= 15 is 0 Å². The molecule has 0 radical (unpaired) electrons. The molecule has 0 heterocycles. The highest BCUT2D eigenvalue weighted by molar-refractivity contribution is 5.92. The van der Waals surface area contributed by atoms with E-state index in [0.29, 0.717) is 12.1 Å². The fraction of sp³-hybridized carbons (Fsp3) is 0.200. The molecule has 0 aliphatic carbocycles. The van der Waals surface area contributed by atoms with E-state index in [-0.39, 0.29) is 0 Å². The van der Waals surface area contributed by atoms with E-state index < -0.39 is 39.7 Å². The Morgan fingerprint density at radius 1 is 1.56 bits per heavy atom. The summed E-state index contributed by atoms with van der Waals surface area (Å²) in [5, 5.41) is 19.3. The number of rotatable bonds is 3. The van der Waals surface area contributed by atoms with Crippen molar-refractivity contribution in [1.82, 2.24) is 0 Å². The Kier molecular flexibility index (Phi) is 3.89. The maximum Gasteiger partial charge on any atom is 0.338 e. The SMILES string of the molecule is COC(=O)c1cc([N+](=O)[O-])cc(C#N)c1C(F)F. The lowest BCUT2D eigenvalue weighted by atomic mass is 10.0. The van der Waals surface area contributed by atoms with Gasteiger partial charge in [-0.25, -0.2) is 13.6 Å². The summed E-state index contributed by atoms with van der Waals surface area (Å²) in [5.41, 5.74) is -2.80. The molecule has 6 nitrogen and oxygen atoms in total. The zero-order chi connectivity index (χ0) is 13.9. The fourth-order valence-corrected chi connectivity index (χ4v) is 1.35. The van der Waals surface area contributed by atoms with E-state index in [9.17, 15) is 23.7 Å². The van der Waals surface area contributed by atoms with Crippen molar-refractivity contribution in [2.75, 3.05) is 7.11 Å².